The quantitative estimate of drug-likeness (QED) is 0.117. The Hall–Kier alpha value is -6.33. The Bertz CT molecular complexity index is 3060. The Morgan fingerprint density at radius 2 is 1.21 bits per heavy atom. The fourth-order valence-electron chi connectivity index (χ4n) is 7.69. The van der Waals surface area contributed by atoms with Gasteiger partial charge in [-0.15, -0.1) is 23.6 Å². The first-order chi connectivity index (χ1) is 29.5. The second kappa shape index (κ2) is 16.4. The molecule has 0 atom stereocenters. The molecule has 8 nitrogen and oxygen atoms in total. The van der Waals surface area contributed by atoms with Gasteiger partial charge in [0.15, 0.2) is 18.7 Å². The number of ether oxygens (including phenoxy) is 1. The van der Waals surface area contributed by atoms with Crippen molar-refractivity contribution in [1.82, 2.24) is 24.5 Å². The van der Waals surface area contributed by atoms with Crippen molar-refractivity contribution in [2.75, 3.05) is 7.05 Å². The zero-order valence-corrected chi connectivity index (χ0v) is 39.8. The number of fused-ring (bicyclic) bond motifs is 3. The summed E-state index contributed by atoms with van der Waals surface area (Å²) in [6.45, 7) is 20.0. The van der Waals surface area contributed by atoms with Gasteiger partial charge in [0.05, 0.1) is 0 Å². The Morgan fingerprint density at radius 1 is 0.603 bits per heavy atom. The van der Waals surface area contributed by atoms with Crippen LogP contribution in [0.2, 0.25) is 0 Å². The van der Waals surface area contributed by atoms with E-state index in [4.69, 9.17) is 24.7 Å². The number of para-hydroxylation sites is 1. The number of benzene rings is 5. The minimum atomic E-state index is -0.0785. The maximum atomic E-state index is 6.92. The van der Waals surface area contributed by atoms with Gasteiger partial charge in [-0.1, -0.05) is 156 Å². The van der Waals surface area contributed by atoms with Gasteiger partial charge in [0.1, 0.15) is 17.3 Å². The third-order valence-electron chi connectivity index (χ3n) is 11.3. The largest absolute Gasteiger partial charge is 2.00 e. The van der Waals surface area contributed by atoms with Crippen LogP contribution in [0.5, 0.6) is 11.5 Å². The number of nitrogens with zero attached hydrogens (tertiary/aromatic N) is 7. The van der Waals surface area contributed by atoms with Gasteiger partial charge >= 0.3 is 27.1 Å². The van der Waals surface area contributed by atoms with Crippen LogP contribution >= 0.6 is 0 Å². The third kappa shape index (κ3) is 8.71. The van der Waals surface area contributed by atoms with Crippen LogP contribution in [0.4, 0.5) is 5.69 Å². The van der Waals surface area contributed by atoms with E-state index in [0.29, 0.717) is 34.5 Å². The van der Waals surface area contributed by atoms with E-state index in [1.807, 2.05) is 53.0 Å². The van der Waals surface area contributed by atoms with Crippen molar-refractivity contribution >= 4 is 33.5 Å². The van der Waals surface area contributed by atoms with Crippen molar-refractivity contribution in [2.24, 2.45) is 0 Å². The van der Waals surface area contributed by atoms with Gasteiger partial charge < -0.3 is 9.30 Å². The molecule has 63 heavy (non-hydrogen) atoms. The molecular weight excluding hydrogens is 958 g/mol. The summed E-state index contributed by atoms with van der Waals surface area (Å²) in [7, 11) is 1.94. The molecule has 3 aromatic heterocycles. The van der Waals surface area contributed by atoms with E-state index in [9.17, 15) is 0 Å². The maximum absolute atomic E-state index is 6.92. The molecule has 0 aliphatic carbocycles. The second-order valence-electron chi connectivity index (χ2n) is 19.1. The van der Waals surface area contributed by atoms with Crippen molar-refractivity contribution < 1.29 is 35.0 Å². The second-order valence-corrected chi connectivity index (χ2v) is 19.1. The Labute approximate surface area is 384 Å². The average Bonchev–Trinajstić information content (AvgIpc) is 3.83. The first kappa shape index (κ1) is 43.3. The first-order valence-corrected chi connectivity index (χ1v) is 21.1. The molecule has 0 spiro atoms. The van der Waals surface area contributed by atoms with Crippen LogP contribution < -0.4 is 4.74 Å². The molecule has 0 radical (unpaired) electrons. The summed E-state index contributed by atoms with van der Waals surface area (Å²) in [6.07, 6.45) is 5.76. The molecular formula is C54H51N7OPt+2. The summed E-state index contributed by atoms with van der Waals surface area (Å²) in [5.41, 5.74) is 8.59. The van der Waals surface area contributed by atoms with Crippen LogP contribution in [0.3, 0.4) is 0 Å². The maximum Gasteiger partial charge on any atom is 2.00 e. The van der Waals surface area contributed by atoms with Crippen LogP contribution in [0, 0.1) is 12.1 Å². The van der Waals surface area contributed by atoms with Gasteiger partial charge in [0, 0.05) is 34.3 Å². The third-order valence-corrected chi connectivity index (χ3v) is 11.3. The van der Waals surface area contributed by atoms with Crippen LogP contribution in [-0.2, 0) is 37.3 Å². The molecule has 0 amide bonds. The van der Waals surface area contributed by atoms with Crippen LogP contribution in [-0.4, -0.2) is 46.7 Å². The Morgan fingerprint density at radius 3 is 1.79 bits per heavy atom. The average molecular weight is 1010 g/mol. The monoisotopic (exact) mass is 1010 g/mol. The smallest absolute Gasteiger partial charge is 0.508 e. The molecule has 8 aromatic rings. The summed E-state index contributed by atoms with van der Waals surface area (Å²) >= 11 is 0. The fourth-order valence-corrected chi connectivity index (χ4v) is 7.69. The molecule has 0 unspecified atom stereocenters. The molecule has 0 saturated heterocycles. The summed E-state index contributed by atoms with van der Waals surface area (Å²) in [5.74, 6) is 3.33. The standard InChI is InChI=1S/C54H51N7O.Pt/c1-52(2,3)37-22-18-35(19-23-37)49-56-50(36-20-24-38(25-21-36)53(4,5)6)58-51(57-49)44-32-43-42-16-11-12-17-45(42)61(48-30-39(26-27-55-48)54(7,8)9)46(43)33-47(44)62-41-15-13-14-40(31-41)60-29-28-59(10)34-60;/h11-30,32H,1-10H3;/q;+2. The van der Waals surface area contributed by atoms with E-state index in [2.05, 4.69) is 176 Å². The van der Waals surface area contributed by atoms with E-state index >= 15 is 0 Å². The predicted molar refractivity (Wildman–Crippen MR) is 249 cm³/mol. The molecule has 316 valence electrons. The van der Waals surface area contributed by atoms with Crippen molar-refractivity contribution in [3.05, 3.63) is 157 Å². The molecule has 1 aliphatic rings. The van der Waals surface area contributed by atoms with Crippen LogP contribution in [0.25, 0.3) is 61.8 Å². The molecule has 9 heteroatoms. The molecule has 1 aliphatic heterocycles. The zero-order valence-electron chi connectivity index (χ0n) is 37.5. The normalized spacial score (nSPS) is 13.0. The van der Waals surface area contributed by atoms with Gasteiger partial charge in [-0.2, -0.15) is 6.07 Å². The molecule has 0 saturated carbocycles. The van der Waals surface area contributed by atoms with Gasteiger partial charge in [0.2, 0.25) is 6.20 Å². The van der Waals surface area contributed by atoms with Gasteiger partial charge in [0.25, 0.3) is 6.20 Å². The van der Waals surface area contributed by atoms with Crippen LogP contribution in [0.15, 0.2) is 128 Å². The van der Waals surface area contributed by atoms with Crippen molar-refractivity contribution in [2.45, 2.75) is 78.6 Å². The van der Waals surface area contributed by atoms with E-state index in [-0.39, 0.29) is 37.3 Å². The number of aromatic nitrogens is 5. The van der Waals surface area contributed by atoms with E-state index in [1.165, 1.54) is 16.7 Å². The number of rotatable bonds is 7. The van der Waals surface area contributed by atoms with Crippen molar-refractivity contribution in [1.29, 1.82) is 0 Å². The first-order valence-electron chi connectivity index (χ1n) is 21.1. The number of pyridine rings is 1. The van der Waals surface area contributed by atoms with E-state index < -0.39 is 0 Å². The van der Waals surface area contributed by atoms with Gasteiger partial charge in [-0.05, 0) is 62.1 Å². The SMILES string of the molecule is C[N+]1=C=[N+](c2[c-]c(Oc3[c-]c4c(cc3-c3nc(-c5ccc(C(C)(C)C)cc5)nc(-c5ccc(C(C)(C)C)cc5)n3)c3ccccc3n4-c3cc(C(C)(C)C)ccn3)ccc2)C=C1.[Pt+2]. The minimum Gasteiger partial charge on any atom is -0.508 e. The zero-order chi connectivity index (χ0) is 43.6. The molecule has 0 fully saturated rings. The topological polar surface area (TPSA) is 71.7 Å². The molecule has 9 rings (SSSR count). The van der Waals surface area contributed by atoms with Crippen molar-refractivity contribution in [3.8, 4) is 51.5 Å². The molecule has 0 bridgehead atoms. The Kier molecular flexibility index (Phi) is 11.3. The number of hydrogen-bond donors (Lipinski definition) is 0. The summed E-state index contributed by atoms with van der Waals surface area (Å²) in [6, 6.07) is 48.1. The number of hydrogen-bond acceptors (Lipinski definition) is 5. The summed E-state index contributed by atoms with van der Waals surface area (Å²) in [5, 5.41) is 2.01. The molecule has 5 aromatic carbocycles. The van der Waals surface area contributed by atoms with E-state index in [1.54, 1.807) is 0 Å². The van der Waals surface area contributed by atoms with Crippen molar-refractivity contribution in [3.63, 3.8) is 0 Å². The molecule has 4 heterocycles. The summed E-state index contributed by atoms with van der Waals surface area (Å²) in [4.78, 5) is 20.5. The summed E-state index contributed by atoms with van der Waals surface area (Å²) < 4.78 is 12.8. The fraction of sp³-hybridized carbons (Fsp3) is 0.241. The predicted octanol–water partition coefficient (Wildman–Crippen LogP) is 12.6. The van der Waals surface area contributed by atoms with E-state index in [0.717, 1.165) is 44.4 Å². The minimum absolute atomic E-state index is 0. The van der Waals surface area contributed by atoms with Gasteiger partial charge in [-0.3, -0.25) is 0 Å². The van der Waals surface area contributed by atoms with Gasteiger partial charge in [-0.25, -0.2) is 19.9 Å². The Balaban J connectivity index is 0.00000544. The molecule has 0 N–H and O–H groups in total. The van der Waals surface area contributed by atoms with Crippen LogP contribution in [0.1, 0.15) is 79.0 Å².